The van der Waals surface area contributed by atoms with Crippen molar-refractivity contribution < 1.29 is 14.8 Å². The minimum atomic E-state index is -1.28. The molecule has 0 spiro atoms. The Bertz CT molecular complexity index is 1090. The van der Waals surface area contributed by atoms with Gasteiger partial charge in [0.05, 0.1) is 21.0 Å². The number of nitrogens with two attached hydrogens (primary N) is 1. The van der Waals surface area contributed by atoms with Gasteiger partial charge in [0, 0.05) is 28.9 Å². The Balaban J connectivity index is 0.000000233. The number of anilines is 1. The van der Waals surface area contributed by atoms with Gasteiger partial charge in [-0.1, -0.05) is 56.5 Å². The predicted octanol–water partition coefficient (Wildman–Crippen LogP) is 6.06. The van der Waals surface area contributed by atoms with Crippen molar-refractivity contribution in [3.63, 3.8) is 0 Å². The molecule has 0 unspecified atom stereocenters. The highest BCUT2D eigenvalue weighted by Gasteiger charge is 2.14. The number of rotatable bonds is 7. The number of halogens is 1. The first-order valence-electron chi connectivity index (χ1n) is 10.1. The van der Waals surface area contributed by atoms with E-state index >= 15 is 0 Å². The second-order valence-electron chi connectivity index (χ2n) is 7.05. The average Bonchev–Trinajstić information content (AvgIpc) is 2.75. The van der Waals surface area contributed by atoms with Gasteiger partial charge in [-0.15, -0.1) is 0 Å². The highest BCUT2D eigenvalue weighted by atomic mass is 35.5. The number of nitrogen functional groups attached to an aromatic ring is 1. The van der Waals surface area contributed by atoms with E-state index in [0.29, 0.717) is 0 Å². The normalized spacial score (nSPS) is 10.4. The van der Waals surface area contributed by atoms with Crippen LogP contribution in [0.15, 0.2) is 42.5 Å². The second-order valence-corrected chi connectivity index (χ2v) is 7.46. The van der Waals surface area contributed by atoms with Gasteiger partial charge < -0.3 is 10.8 Å². The van der Waals surface area contributed by atoms with E-state index in [-0.39, 0.29) is 16.3 Å². The second kappa shape index (κ2) is 11.3. The number of aryl methyl sites for hydroxylation is 1. The quantitative estimate of drug-likeness (QED) is 0.338. The van der Waals surface area contributed by atoms with Crippen LogP contribution >= 0.6 is 11.6 Å². The van der Waals surface area contributed by atoms with Crippen LogP contribution < -0.4 is 5.73 Å². The summed E-state index contributed by atoms with van der Waals surface area (Å²) in [7, 11) is 0. The standard InChI is InChI=1S/C16H22N2.C7H4ClNO4/c1-3-5-10-14-12(8-4-2)16(17)13-9-6-7-11-15(13)18-14;8-6-2-1-4(9(12)13)3-5(6)7(10)11/h6-7,9,11H,3-5,8,10H2,1-2H3,(H2,17,18);1-3H,(H,10,11). The number of carboxylic acid groups (broad SMARTS) is 1. The Morgan fingerprint density at radius 2 is 1.87 bits per heavy atom. The number of nitro groups is 1. The average molecular weight is 444 g/mol. The number of carbonyl (C=O) groups is 1. The lowest BCUT2D eigenvalue weighted by molar-refractivity contribution is -0.384. The Morgan fingerprint density at radius 1 is 1.16 bits per heavy atom. The molecule has 0 fully saturated rings. The summed E-state index contributed by atoms with van der Waals surface area (Å²) < 4.78 is 0. The van der Waals surface area contributed by atoms with Crippen LogP contribution in [0.25, 0.3) is 10.9 Å². The van der Waals surface area contributed by atoms with Gasteiger partial charge in [-0.25, -0.2) is 4.79 Å². The number of hydrogen-bond acceptors (Lipinski definition) is 5. The van der Waals surface area contributed by atoms with Crippen molar-refractivity contribution in [3.05, 3.63) is 74.4 Å². The van der Waals surface area contributed by atoms with Crippen LogP contribution in [-0.2, 0) is 12.8 Å². The molecule has 0 bridgehead atoms. The highest BCUT2D eigenvalue weighted by molar-refractivity contribution is 6.33. The summed E-state index contributed by atoms with van der Waals surface area (Å²) in [5.74, 6) is -1.28. The van der Waals surface area contributed by atoms with Gasteiger partial charge in [-0.3, -0.25) is 15.1 Å². The number of non-ortho nitro benzene ring substituents is 1. The molecule has 3 aromatic rings. The number of pyridine rings is 1. The monoisotopic (exact) mass is 443 g/mol. The molecule has 164 valence electrons. The molecule has 3 N–H and O–H groups in total. The third-order valence-electron chi connectivity index (χ3n) is 4.78. The van der Waals surface area contributed by atoms with Gasteiger partial charge in [0.15, 0.2) is 0 Å². The summed E-state index contributed by atoms with van der Waals surface area (Å²) in [5.41, 5.74) is 10.2. The van der Waals surface area contributed by atoms with Crippen molar-refractivity contribution in [1.82, 2.24) is 4.98 Å². The van der Waals surface area contributed by atoms with Crippen LogP contribution in [-0.4, -0.2) is 21.0 Å². The molecule has 7 nitrogen and oxygen atoms in total. The van der Waals surface area contributed by atoms with Gasteiger partial charge in [-0.2, -0.15) is 0 Å². The van der Waals surface area contributed by atoms with Crippen LogP contribution in [0.3, 0.4) is 0 Å². The van der Waals surface area contributed by atoms with Crippen LogP contribution in [0.1, 0.15) is 54.7 Å². The number of para-hydroxylation sites is 1. The first-order chi connectivity index (χ1) is 14.8. The zero-order chi connectivity index (χ0) is 23.0. The van der Waals surface area contributed by atoms with Crippen molar-refractivity contribution >= 4 is 39.8 Å². The smallest absolute Gasteiger partial charge is 0.337 e. The molecule has 0 saturated carbocycles. The summed E-state index contributed by atoms with van der Waals surface area (Å²) in [6.45, 7) is 4.40. The van der Waals surface area contributed by atoms with Crippen LogP contribution in [0.4, 0.5) is 11.4 Å². The lowest BCUT2D eigenvalue weighted by Crippen LogP contribution is -2.04. The van der Waals surface area contributed by atoms with Crippen LogP contribution in [0, 0.1) is 10.1 Å². The molecule has 0 saturated heterocycles. The molecule has 8 heteroatoms. The molecule has 0 atom stereocenters. The number of nitro benzene ring substituents is 1. The molecule has 0 radical (unpaired) electrons. The summed E-state index contributed by atoms with van der Waals surface area (Å²) in [6, 6.07) is 11.4. The van der Waals surface area contributed by atoms with Crippen LogP contribution in [0.2, 0.25) is 5.02 Å². The summed E-state index contributed by atoms with van der Waals surface area (Å²) >= 11 is 5.49. The highest BCUT2D eigenvalue weighted by Crippen LogP contribution is 2.28. The first kappa shape index (κ1) is 24.1. The molecule has 31 heavy (non-hydrogen) atoms. The summed E-state index contributed by atoms with van der Waals surface area (Å²) in [5, 5.41) is 19.9. The van der Waals surface area contributed by atoms with E-state index in [1.54, 1.807) is 0 Å². The molecule has 0 aliphatic heterocycles. The Kier molecular flexibility index (Phi) is 8.75. The number of benzene rings is 2. The number of hydrogen-bond donors (Lipinski definition) is 2. The van der Waals surface area contributed by atoms with E-state index < -0.39 is 10.9 Å². The van der Waals surface area contributed by atoms with E-state index in [2.05, 4.69) is 26.0 Å². The molecule has 0 amide bonds. The van der Waals surface area contributed by atoms with Gasteiger partial charge in [-0.05, 0) is 37.0 Å². The topological polar surface area (TPSA) is 119 Å². The molecule has 1 aromatic heterocycles. The number of unbranched alkanes of at least 4 members (excludes halogenated alkanes) is 1. The SMILES string of the molecule is CCCCc1nc2ccccc2c(N)c1CCC.O=C(O)c1cc([N+](=O)[O-])ccc1Cl. The zero-order valence-electron chi connectivity index (χ0n) is 17.6. The zero-order valence-corrected chi connectivity index (χ0v) is 18.4. The minimum absolute atomic E-state index is 0.0156. The van der Waals surface area contributed by atoms with Crippen molar-refractivity contribution in [2.75, 3.05) is 5.73 Å². The lowest BCUT2D eigenvalue weighted by Gasteiger charge is -2.13. The number of aromatic carboxylic acids is 1. The molecule has 0 aliphatic carbocycles. The largest absolute Gasteiger partial charge is 0.478 e. The fourth-order valence-electron chi connectivity index (χ4n) is 3.20. The van der Waals surface area contributed by atoms with Crippen molar-refractivity contribution in [2.45, 2.75) is 46.0 Å². The molecular formula is C23H26ClN3O4. The molecule has 1 heterocycles. The summed E-state index contributed by atoms with van der Waals surface area (Å²) in [6.07, 6.45) is 5.56. The van der Waals surface area contributed by atoms with Gasteiger partial charge in [0.1, 0.15) is 0 Å². The lowest BCUT2D eigenvalue weighted by atomic mass is 9.99. The molecule has 3 rings (SSSR count). The summed E-state index contributed by atoms with van der Waals surface area (Å²) in [4.78, 5) is 24.9. The number of carboxylic acids is 1. The van der Waals surface area contributed by atoms with Crippen molar-refractivity contribution in [1.29, 1.82) is 0 Å². The fourth-order valence-corrected chi connectivity index (χ4v) is 3.40. The van der Waals surface area contributed by atoms with E-state index in [1.807, 2.05) is 12.1 Å². The van der Waals surface area contributed by atoms with E-state index in [4.69, 9.17) is 27.4 Å². The van der Waals surface area contributed by atoms with E-state index in [0.717, 1.165) is 48.0 Å². The number of fused-ring (bicyclic) bond motifs is 1. The maximum atomic E-state index is 10.5. The van der Waals surface area contributed by atoms with Gasteiger partial charge in [0.2, 0.25) is 0 Å². The third-order valence-corrected chi connectivity index (χ3v) is 5.11. The van der Waals surface area contributed by atoms with Gasteiger partial charge >= 0.3 is 5.97 Å². The van der Waals surface area contributed by atoms with E-state index in [1.165, 1.54) is 30.2 Å². The molecule has 0 aliphatic rings. The third kappa shape index (κ3) is 6.15. The molecule has 2 aromatic carbocycles. The fraction of sp³-hybridized carbons (Fsp3) is 0.304. The maximum Gasteiger partial charge on any atom is 0.337 e. The van der Waals surface area contributed by atoms with Crippen molar-refractivity contribution in [2.24, 2.45) is 0 Å². The van der Waals surface area contributed by atoms with Gasteiger partial charge in [0.25, 0.3) is 5.69 Å². The Hall–Kier alpha value is -3.19. The predicted molar refractivity (Wildman–Crippen MR) is 124 cm³/mol. The van der Waals surface area contributed by atoms with Crippen LogP contribution in [0.5, 0.6) is 0 Å². The maximum absolute atomic E-state index is 10.5. The number of nitrogens with zero attached hydrogens (tertiary/aromatic N) is 2. The Labute approximate surface area is 186 Å². The minimum Gasteiger partial charge on any atom is -0.478 e. The molecular weight excluding hydrogens is 418 g/mol. The Morgan fingerprint density at radius 3 is 2.48 bits per heavy atom. The van der Waals surface area contributed by atoms with Crippen molar-refractivity contribution in [3.8, 4) is 0 Å². The number of aromatic nitrogens is 1. The first-order valence-corrected chi connectivity index (χ1v) is 10.5. The van der Waals surface area contributed by atoms with E-state index in [9.17, 15) is 14.9 Å².